The van der Waals surface area contributed by atoms with Gasteiger partial charge >= 0.3 is 6.03 Å². The molecule has 2 aromatic carbocycles. The number of carbonyl (C=O) groups excluding carboxylic acids is 1. The highest BCUT2D eigenvalue weighted by Crippen LogP contribution is 2.30. The first-order valence-electron chi connectivity index (χ1n) is 8.69. The monoisotopic (exact) mass is 339 g/mol. The lowest BCUT2D eigenvalue weighted by molar-refractivity contribution is 0.245. The van der Waals surface area contributed by atoms with E-state index < -0.39 is 0 Å². The third kappa shape index (κ3) is 4.12. The van der Waals surface area contributed by atoms with Gasteiger partial charge in [0.2, 0.25) is 0 Å². The highest BCUT2D eigenvalue weighted by atomic mass is 16.3. The normalized spacial score (nSPS) is 13.0. The molecule has 0 fully saturated rings. The molecular formula is C20H25N3O2. The number of aliphatic hydroxyl groups is 1. The summed E-state index contributed by atoms with van der Waals surface area (Å²) < 4.78 is 0. The van der Waals surface area contributed by atoms with Gasteiger partial charge in [-0.05, 0) is 46.9 Å². The van der Waals surface area contributed by atoms with Crippen LogP contribution >= 0.6 is 0 Å². The molecule has 0 atom stereocenters. The lowest BCUT2D eigenvalue weighted by atomic mass is 10.0. The zero-order valence-corrected chi connectivity index (χ0v) is 14.7. The topological polar surface area (TPSA) is 64.6 Å². The Kier molecular flexibility index (Phi) is 5.24. The maximum atomic E-state index is 11.7. The minimum Gasteiger partial charge on any atom is -0.395 e. The van der Waals surface area contributed by atoms with Crippen LogP contribution in [0.5, 0.6) is 0 Å². The van der Waals surface area contributed by atoms with Crippen LogP contribution in [0, 0.1) is 0 Å². The van der Waals surface area contributed by atoms with Crippen LogP contribution in [-0.4, -0.2) is 24.3 Å². The van der Waals surface area contributed by atoms with Crippen LogP contribution in [0.2, 0.25) is 0 Å². The van der Waals surface area contributed by atoms with E-state index in [1.54, 1.807) is 0 Å². The largest absolute Gasteiger partial charge is 0.395 e. The molecule has 132 valence electrons. The molecule has 0 saturated carbocycles. The summed E-state index contributed by atoms with van der Waals surface area (Å²) in [5.41, 5.74) is 5.85. The zero-order chi connectivity index (χ0) is 17.8. The number of aliphatic hydroxyl groups excluding tert-OH is 1. The molecule has 0 aliphatic carbocycles. The highest BCUT2D eigenvalue weighted by Gasteiger charge is 2.20. The first kappa shape index (κ1) is 17.3. The minimum atomic E-state index is -0.298. The molecule has 3 rings (SSSR count). The van der Waals surface area contributed by atoms with Crippen molar-refractivity contribution in [2.45, 2.75) is 32.9 Å². The summed E-state index contributed by atoms with van der Waals surface area (Å²) in [5, 5.41) is 14.1. The molecule has 0 spiro atoms. The Morgan fingerprint density at radius 3 is 2.52 bits per heavy atom. The second-order valence-electron chi connectivity index (χ2n) is 6.69. The number of rotatable bonds is 5. The number of anilines is 2. The number of hydrogen-bond acceptors (Lipinski definition) is 3. The minimum absolute atomic E-state index is 0.0673. The molecule has 5 heteroatoms. The molecule has 0 unspecified atom stereocenters. The maximum absolute atomic E-state index is 11.7. The molecular weight excluding hydrogens is 314 g/mol. The van der Waals surface area contributed by atoms with E-state index in [1.165, 1.54) is 22.4 Å². The fraction of sp³-hybridized carbons (Fsp3) is 0.350. The van der Waals surface area contributed by atoms with Gasteiger partial charge < -0.3 is 20.6 Å². The molecule has 0 aromatic heterocycles. The summed E-state index contributed by atoms with van der Waals surface area (Å²) in [6, 6.07) is 14.5. The van der Waals surface area contributed by atoms with Crippen molar-refractivity contribution >= 4 is 17.4 Å². The summed E-state index contributed by atoms with van der Waals surface area (Å²) >= 11 is 0. The number of nitrogens with zero attached hydrogens (tertiary/aromatic N) is 1. The molecule has 0 radical (unpaired) electrons. The van der Waals surface area contributed by atoms with E-state index in [0.717, 1.165) is 18.8 Å². The average Bonchev–Trinajstić information content (AvgIpc) is 3.03. The van der Waals surface area contributed by atoms with E-state index in [1.807, 2.05) is 12.1 Å². The molecule has 5 nitrogen and oxygen atoms in total. The van der Waals surface area contributed by atoms with Crippen molar-refractivity contribution in [1.82, 2.24) is 5.32 Å². The first-order valence-corrected chi connectivity index (χ1v) is 8.69. The van der Waals surface area contributed by atoms with Gasteiger partial charge in [-0.15, -0.1) is 0 Å². The van der Waals surface area contributed by atoms with E-state index in [2.05, 4.69) is 59.7 Å². The van der Waals surface area contributed by atoms with E-state index >= 15 is 0 Å². The third-order valence-electron chi connectivity index (χ3n) is 4.51. The van der Waals surface area contributed by atoms with Gasteiger partial charge in [0.15, 0.2) is 0 Å². The molecule has 2 amide bonds. The third-order valence-corrected chi connectivity index (χ3v) is 4.51. The van der Waals surface area contributed by atoms with Crippen molar-refractivity contribution in [2.24, 2.45) is 0 Å². The van der Waals surface area contributed by atoms with Gasteiger partial charge in [-0.3, -0.25) is 0 Å². The van der Waals surface area contributed by atoms with Crippen LogP contribution in [0.3, 0.4) is 0 Å². The fourth-order valence-corrected chi connectivity index (χ4v) is 3.07. The van der Waals surface area contributed by atoms with Crippen LogP contribution in [-0.2, 0) is 13.1 Å². The molecule has 1 aliphatic rings. The van der Waals surface area contributed by atoms with E-state index in [-0.39, 0.29) is 19.2 Å². The smallest absolute Gasteiger partial charge is 0.319 e. The number of nitrogens with one attached hydrogen (secondary N) is 2. The van der Waals surface area contributed by atoms with Gasteiger partial charge in [0.05, 0.1) is 6.61 Å². The summed E-state index contributed by atoms with van der Waals surface area (Å²) in [4.78, 5) is 14.0. The number of fused-ring (bicyclic) bond motifs is 1. The Morgan fingerprint density at radius 1 is 1.12 bits per heavy atom. The van der Waals surface area contributed by atoms with E-state index in [4.69, 9.17) is 5.11 Å². The van der Waals surface area contributed by atoms with Crippen LogP contribution < -0.4 is 15.5 Å². The van der Waals surface area contributed by atoms with Crippen LogP contribution in [0.25, 0.3) is 0 Å². The zero-order valence-electron chi connectivity index (χ0n) is 14.7. The molecule has 25 heavy (non-hydrogen) atoms. The number of benzene rings is 2. The summed E-state index contributed by atoms with van der Waals surface area (Å²) in [7, 11) is 0. The average molecular weight is 339 g/mol. The van der Waals surface area contributed by atoms with Crippen molar-refractivity contribution in [3.05, 3.63) is 59.2 Å². The van der Waals surface area contributed by atoms with Gasteiger partial charge in [-0.1, -0.05) is 32.0 Å². The highest BCUT2D eigenvalue weighted by molar-refractivity contribution is 5.89. The SMILES string of the molecule is CC(C)c1ccc(N2Cc3ccc(NC(=O)NCCO)cc3C2)cc1. The summed E-state index contributed by atoms with van der Waals surface area (Å²) in [6.45, 7) is 6.30. The van der Waals surface area contributed by atoms with Gasteiger partial charge in [0.1, 0.15) is 0 Å². The second-order valence-corrected chi connectivity index (χ2v) is 6.69. The second kappa shape index (κ2) is 7.57. The van der Waals surface area contributed by atoms with Crippen LogP contribution in [0.15, 0.2) is 42.5 Å². The van der Waals surface area contributed by atoms with Crippen molar-refractivity contribution in [2.75, 3.05) is 23.4 Å². The van der Waals surface area contributed by atoms with Crippen molar-refractivity contribution in [3.8, 4) is 0 Å². The van der Waals surface area contributed by atoms with Crippen molar-refractivity contribution < 1.29 is 9.90 Å². The summed E-state index contributed by atoms with van der Waals surface area (Å²) in [5.74, 6) is 0.537. The van der Waals surface area contributed by atoms with Gasteiger partial charge in [-0.2, -0.15) is 0 Å². The Hall–Kier alpha value is -2.53. The lowest BCUT2D eigenvalue weighted by Crippen LogP contribution is -2.30. The van der Waals surface area contributed by atoms with Crippen molar-refractivity contribution in [3.63, 3.8) is 0 Å². The predicted octanol–water partition coefficient (Wildman–Crippen LogP) is 3.44. The Morgan fingerprint density at radius 2 is 1.84 bits per heavy atom. The number of hydrogen-bond donors (Lipinski definition) is 3. The van der Waals surface area contributed by atoms with E-state index in [0.29, 0.717) is 5.92 Å². The first-order chi connectivity index (χ1) is 12.1. The Balaban J connectivity index is 1.67. The maximum Gasteiger partial charge on any atom is 0.319 e. The predicted molar refractivity (Wildman–Crippen MR) is 101 cm³/mol. The number of amides is 2. The number of urea groups is 1. The standard InChI is InChI=1S/C20H25N3O2/c1-14(2)15-4-7-19(8-5-15)23-12-16-3-6-18(11-17(16)13-23)22-20(25)21-9-10-24/h3-8,11,14,24H,9-10,12-13H2,1-2H3,(H2,21,22,25). The molecule has 3 N–H and O–H groups in total. The van der Waals surface area contributed by atoms with Crippen LogP contribution in [0.1, 0.15) is 36.5 Å². The Bertz CT molecular complexity index is 741. The lowest BCUT2D eigenvalue weighted by Gasteiger charge is -2.18. The molecule has 1 heterocycles. The van der Waals surface area contributed by atoms with Gasteiger partial charge in [-0.25, -0.2) is 4.79 Å². The molecule has 1 aliphatic heterocycles. The summed E-state index contributed by atoms with van der Waals surface area (Å²) in [6.07, 6.45) is 0. The van der Waals surface area contributed by atoms with Crippen molar-refractivity contribution in [1.29, 1.82) is 0 Å². The van der Waals surface area contributed by atoms with Crippen LogP contribution in [0.4, 0.5) is 16.2 Å². The number of carbonyl (C=O) groups is 1. The fourth-order valence-electron chi connectivity index (χ4n) is 3.07. The van der Waals surface area contributed by atoms with Gasteiger partial charge in [0.25, 0.3) is 0 Å². The molecule has 0 bridgehead atoms. The van der Waals surface area contributed by atoms with Gasteiger partial charge in [0, 0.05) is 31.0 Å². The quantitative estimate of drug-likeness (QED) is 0.782. The molecule has 0 saturated heterocycles. The molecule has 2 aromatic rings. The Labute approximate surface area is 148 Å². The van der Waals surface area contributed by atoms with E-state index in [9.17, 15) is 4.79 Å².